The molecule has 0 aliphatic heterocycles. The van der Waals surface area contributed by atoms with Gasteiger partial charge in [-0.3, -0.25) is 0 Å². The lowest BCUT2D eigenvalue weighted by Crippen LogP contribution is -2.18. The zero-order chi connectivity index (χ0) is 11.1. The van der Waals surface area contributed by atoms with Crippen LogP contribution in [0.2, 0.25) is 0 Å². The molecule has 1 atom stereocenters. The minimum atomic E-state index is 0.149. The van der Waals surface area contributed by atoms with E-state index in [9.17, 15) is 0 Å². The van der Waals surface area contributed by atoms with Gasteiger partial charge in [-0.15, -0.1) is 6.58 Å². The van der Waals surface area contributed by atoms with Crippen LogP contribution in [-0.2, 0) is 5.41 Å². The number of hydrogen-bond acceptors (Lipinski definition) is 0. The lowest BCUT2D eigenvalue weighted by atomic mass is 9.78. The van der Waals surface area contributed by atoms with Crippen LogP contribution in [-0.4, -0.2) is 0 Å². The molecule has 1 aromatic rings. The number of hydrogen-bond donors (Lipinski definition) is 0. The fraction of sp³-hybridized carbons (Fsp3) is 0.467. The van der Waals surface area contributed by atoms with Gasteiger partial charge in [-0.1, -0.05) is 69.5 Å². The van der Waals surface area contributed by atoms with Crippen molar-refractivity contribution < 1.29 is 0 Å². The smallest absolute Gasteiger partial charge is 0.0101 e. The molecule has 0 bridgehead atoms. The SMILES string of the molecule is C=C[C@](C)(CCCCC)c1ccccc1. The van der Waals surface area contributed by atoms with Crippen molar-refractivity contribution in [2.75, 3.05) is 0 Å². The van der Waals surface area contributed by atoms with Crippen LogP contribution in [0.4, 0.5) is 0 Å². The maximum atomic E-state index is 3.99. The molecular formula is C15H22. The van der Waals surface area contributed by atoms with Gasteiger partial charge in [0.15, 0.2) is 0 Å². The maximum Gasteiger partial charge on any atom is 0.0101 e. The monoisotopic (exact) mass is 202 g/mol. The van der Waals surface area contributed by atoms with E-state index in [0.717, 1.165) is 0 Å². The molecule has 0 aliphatic carbocycles. The average molecular weight is 202 g/mol. The molecule has 0 nitrogen and oxygen atoms in total. The first-order valence-corrected chi connectivity index (χ1v) is 5.92. The first kappa shape index (κ1) is 12.0. The molecule has 15 heavy (non-hydrogen) atoms. The van der Waals surface area contributed by atoms with Gasteiger partial charge in [0.05, 0.1) is 0 Å². The Kier molecular flexibility index (Phi) is 4.61. The number of benzene rings is 1. The van der Waals surface area contributed by atoms with Gasteiger partial charge in [0.1, 0.15) is 0 Å². The van der Waals surface area contributed by atoms with Gasteiger partial charge < -0.3 is 0 Å². The average Bonchev–Trinajstić information content (AvgIpc) is 2.30. The Morgan fingerprint density at radius 2 is 1.87 bits per heavy atom. The number of rotatable bonds is 6. The van der Waals surface area contributed by atoms with Gasteiger partial charge in [0, 0.05) is 5.41 Å². The molecule has 0 aromatic heterocycles. The minimum Gasteiger partial charge on any atom is -0.102 e. The van der Waals surface area contributed by atoms with Crippen molar-refractivity contribution in [3.05, 3.63) is 48.6 Å². The zero-order valence-electron chi connectivity index (χ0n) is 10.00. The van der Waals surface area contributed by atoms with Crippen molar-refractivity contribution in [2.24, 2.45) is 0 Å². The third-order valence-corrected chi connectivity index (χ3v) is 3.18. The third-order valence-electron chi connectivity index (χ3n) is 3.18. The molecule has 82 valence electrons. The second kappa shape index (κ2) is 5.75. The highest BCUT2D eigenvalue weighted by Gasteiger charge is 2.21. The summed E-state index contributed by atoms with van der Waals surface area (Å²) in [7, 11) is 0. The highest BCUT2D eigenvalue weighted by atomic mass is 14.2. The van der Waals surface area contributed by atoms with Gasteiger partial charge in [-0.25, -0.2) is 0 Å². The molecule has 0 saturated heterocycles. The van der Waals surface area contributed by atoms with E-state index in [1.165, 1.54) is 31.2 Å². The molecule has 0 fully saturated rings. The van der Waals surface area contributed by atoms with E-state index < -0.39 is 0 Å². The Morgan fingerprint density at radius 1 is 1.20 bits per heavy atom. The van der Waals surface area contributed by atoms with Crippen molar-refractivity contribution in [3.63, 3.8) is 0 Å². The fourth-order valence-electron chi connectivity index (χ4n) is 1.93. The summed E-state index contributed by atoms with van der Waals surface area (Å²) in [6, 6.07) is 10.7. The molecule has 1 aromatic carbocycles. The van der Waals surface area contributed by atoms with Gasteiger partial charge in [-0.2, -0.15) is 0 Å². The molecule has 0 heteroatoms. The second-order valence-electron chi connectivity index (χ2n) is 4.44. The predicted octanol–water partition coefficient (Wildman–Crippen LogP) is 4.71. The van der Waals surface area contributed by atoms with Crippen LogP contribution in [0, 0.1) is 0 Å². The highest BCUT2D eigenvalue weighted by Crippen LogP contribution is 2.30. The van der Waals surface area contributed by atoms with E-state index in [1.54, 1.807) is 0 Å². The van der Waals surface area contributed by atoms with Crippen molar-refractivity contribution in [1.82, 2.24) is 0 Å². The maximum absolute atomic E-state index is 3.99. The largest absolute Gasteiger partial charge is 0.102 e. The molecule has 1 rings (SSSR count). The van der Waals surface area contributed by atoms with Crippen molar-refractivity contribution in [1.29, 1.82) is 0 Å². The summed E-state index contributed by atoms with van der Waals surface area (Å²) in [4.78, 5) is 0. The summed E-state index contributed by atoms with van der Waals surface area (Å²) < 4.78 is 0. The minimum absolute atomic E-state index is 0.149. The molecule has 0 amide bonds. The van der Waals surface area contributed by atoms with Crippen LogP contribution in [0.5, 0.6) is 0 Å². The Hall–Kier alpha value is -1.04. The topological polar surface area (TPSA) is 0 Å². The molecular weight excluding hydrogens is 180 g/mol. The number of unbranched alkanes of at least 4 members (excludes halogenated alkanes) is 2. The molecule has 0 saturated carbocycles. The summed E-state index contributed by atoms with van der Waals surface area (Å²) in [6.07, 6.45) is 7.18. The molecule has 0 spiro atoms. The van der Waals surface area contributed by atoms with Crippen LogP contribution in [0.25, 0.3) is 0 Å². The fourth-order valence-corrected chi connectivity index (χ4v) is 1.93. The summed E-state index contributed by atoms with van der Waals surface area (Å²) in [6.45, 7) is 8.51. The highest BCUT2D eigenvalue weighted by molar-refractivity contribution is 5.28. The van der Waals surface area contributed by atoms with Crippen molar-refractivity contribution in [3.8, 4) is 0 Å². The standard InChI is InChI=1S/C15H22/c1-4-6-10-13-15(3,5-2)14-11-8-7-9-12-14/h5,7-9,11-12H,2,4,6,10,13H2,1,3H3/t15-/m1/s1. The summed E-state index contributed by atoms with van der Waals surface area (Å²) in [5, 5.41) is 0. The molecule has 0 radical (unpaired) electrons. The van der Waals surface area contributed by atoms with Crippen LogP contribution in [0.15, 0.2) is 43.0 Å². The predicted molar refractivity (Wildman–Crippen MR) is 68.1 cm³/mol. The molecule has 0 unspecified atom stereocenters. The third kappa shape index (κ3) is 3.23. The zero-order valence-corrected chi connectivity index (χ0v) is 10.00. The van der Waals surface area contributed by atoms with E-state index in [-0.39, 0.29) is 5.41 Å². The van der Waals surface area contributed by atoms with Gasteiger partial charge in [-0.05, 0) is 12.0 Å². The molecule has 0 N–H and O–H groups in total. The molecule has 0 heterocycles. The quantitative estimate of drug-likeness (QED) is 0.463. The van der Waals surface area contributed by atoms with E-state index in [1.807, 2.05) is 0 Å². The van der Waals surface area contributed by atoms with Crippen LogP contribution in [0.1, 0.15) is 45.1 Å². The Labute approximate surface area is 94.0 Å². The Balaban J connectivity index is 2.72. The summed E-state index contributed by atoms with van der Waals surface area (Å²) in [5.74, 6) is 0. The lowest BCUT2D eigenvalue weighted by Gasteiger charge is -2.26. The van der Waals surface area contributed by atoms with Crippen LogP contribution in [0.3, 0.4) is 0 Å². The second-order valence-corrected chi connectivity index (χ2v) is 4.44. The summed E-state index contributed by atoms with van der Waals surface area (Å²) >= 11 is 0. The van der Waals surface area contributed by atoms with E-state index in [2.05, 4.69) is 56.8 Å². The Bertz CT molecular complexity index is 286. The van der Waals surface area contributed by atoms with E-state index in [0.29, 0.717) is 0 Å². The normalized spacial score (nSPS) is 14.5. The lowest BCUT2D eigenvalue weighted by molar-refractivity contribution is 0.500. The van der Waals surface area contributed by atoms with E-state index >= 15 is 0 Å². The first-order chi connectivity index (χ1) is 7.23. The van der Waals surface area contributed by atoms with Gasteiger partial charge in [0.25, 0.3) is 0 Å². The first-order valence-electron chi connectivity index (χ1n) is 5.92. The Morgan fingerprint density at radius 3 is 2.40 bits per heavy atom. The van der Waals surface area contributed by atoms with E-state index in [4.69, 9.17) is 0 Å². The van der Waals surface area contributed by atoms with Crippen molar-refractivity contribution >= 4 is 0 Å². The number of allylic oxidation sites excluding steroid dienone is 1. The van der Waals surface area contributed by atoms with Crippen molar-refractivity contribution in [2.45, 2.75) is 44.9 Å². The van der Waals surface area contributed by atoms with Crippen LogP contribution >= 0.6 is 0 Å². The van der Waals surface area contributed by atoms with Crippen LogP contribution < -0.4 is 0 Å². The van der Waals surface area contributed by atoms with Gasteiger partial charge >= 0.3 is 0 Å². The summed E-state index contributed by atoms with van der Waals surface area (Å²) in [5.41, 5.74) is 1.53. The van der Waals surface area contributed by atoms with Gasteiger partial charge in [0.2, 0.25) is 0 Å². The molecule has 0 aliphatic rings.